The molecule has 0 radical (unpaired) electrons. The van der Waals surface area contributed by atoms with Crippen molar-refractivity contribution in [1.29, 1.82) is 0 Å². The Labute approximate surface area is 42.4 Å². The molecule has 0 aromatic heterocycles. The molecule has 0 aromatic rings. The minimum absolute atomic E-state index is 0. The summed E-state index contributed by atoms with van der Waals surface area (Å²) in [6.07, 6.45) is 0. The quantitative estimate of drug-likeness (QED) is 0.345. The molecule has 0 bridgehead atoms. The molecule has 0 spiro atoms. The van der Waals surface area contributed by atoms with Crippen LogP contribution in [0.1, 0.15) is 0 Å². The van der Waals surface area contributed by atoms with Crippen molar-refractivity contribution < 1.29 is 13.3 Å². The summed E-state index contributed by atoms with van der Waals surface area (Å²) in [7, 11) is 0. The average molecular weight is 162 g/mol. The molecule has 0 fully saturated rings. The van der Waals surface area contributed by atoms with Crippen LogP contribution in [0.2, 0.25) is 0 Å². The first-order valence-electron chi connectivity index (χ1n) is 0.516. The Kier molecular flexibility index (Phi) is 8.39. The fourth-order valence-electron chi connectivity index (χ4n) is 0. The van der Waals surface area contributed by atoms with E-state index in [0.29, 0.717) is 0 Å². The summed E-state index contributed by atoms with van der Waals surface area (Å²) in [5.41, 5.74) is 0. The Morgan fingerprint density at radius 1 is 1.80 bits per heavy atom. The molecule has 5 heteroatoms. The van der Waals surface area contributed by atoms with Gasteiger partial charge in [0.2, 0.25) is 0 Å². The van der Waals surface area contributed by atoms with E-state index in [-0.39, 0.29) is 17.1 Å². The van der Waals surface area contributed by atoms with Gasteiger partial charge in [0, 0.05) is 0 Å². The second kappa shape index (κ2) is 4.59. The van der Waals surface area contributed by atoms with Gasteiger partial charge >= 0.3 is 17.1 Å². The van der Waals surface area contributed by atoms with Gasteiger partial charge in [0.25, 0.3) is 0 Å². The van der Waals surface area contributed by atoms with Gasteiger partial charge in [-0.3, -0.25) is 0 Å². The van der Waals surface area contributed by atoms with Gasteiger partial charge in [-0.1, -0.05) is 0 Å². The first-order valence-corrected chi connectivity index (χ1v) is 1.55. The molecule has 34 valence electrons. The molecule has 1 unspecified atom stereocenters. The fraction of sp³-hybridized carbons (Fsp3) is 0. The number of rotatable bonds is 0. The van der Waals surface area contributed by atoms with Crippen LogP contribution in [-0.2, 0) is 11.4 Å². The van der Waals surface area contributed by atoms with Gasteiger partial charge in [0.15, 0.2) is 0 Å². The third-order valence-electron chi connectivity index (χ3n) is 0. The topological polar surface area (TPSA) is 60.4 Å². The molecule has 0 aliphatic rings. The van der Waals surface area contributed by atoms with Gasteiger partial charge in [0.1, 0.15) is 0 Å². The molecule has 1 N–H and O–H groups in total. The van der Waals surface area contributed by atoms with E-state index in [0.717, 1.165) is 0 Å². The molecule has 0 aliphatic carbocycles. The second-order valence-corrected chi connectivity index (χ2v) is 0.651. The fourth-order valence-corrected chi connectivity index (χ4v) is 0. The SMILES string of the molecule is O=S([O-])O.[SeH2]. The van der Waals surface area contributed by atoms with Crippen molar-refractivity contribution >= 4 is 28.4 Å². The maximum absolute atomic E-state index is 8.56. The van der Waals surface area contributed by atoms with E-state index < -0.39 is 11.4 Å². The zero-order valence-electron chi connectivity index (χ0n) is 2.17. The summed E-state index contributed by atoms with van der Waals surface area (Å²) >= 11 is -2.86. The van der Waals surface area contributed by atoms with Crippen LogP contribution in [0.5, 0.6) is 0 Å². The van der Waals surface area contributed by atoms with Crippen molar-refractivity contribution in [2.24, 2.45) is 0 Å². The molecule has 0 heterocycles. The van der Waals surface area contributed by atoms with Crippen LogP contribution in [0.4, 0.5) is 0 Å². The van der Waals surface area contributed by atoms with Crippen LogP contribution in [-0.4, -0.2) is 30.4 Å². The standard InChI is InChI=1S/H2O3S.H2Se/c1-4(2)3;/h(H2,1,2,3);1H2/p-1. The molecular formula is H3O3SSe-. The van der Waals surface area contributed by atoms with Crippen molar-refractivity contribution in [2.75, 3.05) is 0 Å². The summed E-state index contributed by atoms with van der Waals surface area (Å²) in [6, 6.07) is 0. The Hall–Kier alpha value is 0.589. The van der Waals surface area contributed by atoms with Crippen LogP contribution in [0.15, 0.2) is 0 Å². The van der Waals surface area contributed by atoms with E-state index in [4.69, 9.17) is 13.3 Å². The van der Waals surface area contributed by atoms with E-state index >= 15 is 0 Å². The van der Waals surface area contributed by atoms with Gasteiger partial charge in [0.05, 0.1) is 11.4 Å². The Morgan fingerprint density at radius 2 is 1.80 bits per heavy atom. The van der Waals surface area contributed by atoms with Gasteiger partial charge in [-0.2, -0.15) is 0 Å². The Bertz CT molecular complexity index is 29.9. The predicted molar refractivity (Wildman–Crippen MR) is 20.1 cm³/mol. The third kappa shape index (κ3) is 88.6. The molecule has 0 saturated heterocycles. The van der Waals surface area contributed by atoms with E-state index in [2.05, 4.69) is 0 Å². The van der Waals surface area contributed by atoms with Crippen LogP contribution in [0.25, 0.3) is 0 Å². The van der Waals surface area contributed by atoms with Crippen molar-refractivity contribution in [1.82, 2.24) is 0 Å². The molecule has 1 atom stereocenters. The summed E-state index contributed by atoms with van der Waals surface area (Å²) < 4.78 is 24.1. The molecule has 0 aromatic carbocycles. The molecular weight excluding hydrogens is 159 g/mol. The summed E-state index contributed by atoms with van der Waals surface area (Å²) in [6.45, 7) is 0. The zero-order valence-corrected chi connectivity index (χ0v) is 5.09. The van der Waals surface area contributed by atoms with Gasteiger partial charge < -0.3 is 9.11 Å². The first-order chi connectivity index (χ1) is 1.73. The Morgan fingerprint density at radius 3 is 1.80 bits per heavy atom. The second-order valence-electron chi connectivity index (χ2n) is 0.217. The molecule has 0 rings (SSSR count). The summed E-state index contributed by atoms with van der Waals surface area (Å²) in [4.78, 5) is 0. The molecule has 0 aliphatic heterocycles. The normalized spacial score (nSPS) is 12.4. The van der Waals surface area contributed by atoms with E-state index in [1.54, 1.807) is 0 Å². The predicted octanol–water partition coefficient (Wildman–Crippen LogP) is -1.58. The maximum atomic E-state index is 8.56. The van der Waals surface area contributed by atoms with Crippen molar-refractivity contribution in [3.8, 4) is 0 Å². The number of hydrogen-bond donors (Lipinski definition) is 1. The molecule has 0 amide bonds. The van der Waals surface area contributed by atoms with E-state index in [1.807, 2.05) is 0 Å². The minimum atomic E-state index is -2.86. The third-order valence-corrected chi connectivity index (χ3v) is 0. The average Bonchev–Trinajstić information content (AvgIpc) is 0.811. The monoisotopic (exact) mass is 163 g/mol. The van der Waals surface area contributed by atoms with Crippen molar-refractivity contribution in [3.05, 3.63) is 0 Å². The molecule has 5 heavy (non-hydrogen) atoms. The van der Waals surface area contributed by atoms with Gasteiger partial charge in [-0.25, -0.2) is 4.21 Å². The van der Waals surface area contributed by atoms with Crippen LogP contribution in [0.3, 0.4) is 0 Å². The molecule has 0 saturated carbocycles. The summed E-state index contributed by atoms with van der Waals surface area (Å²) in [5, 5.41) is 0. The summed E-state index contributed by atoms with van der Waals surface area (Å²) in [5.74, 6) is 0. The van der Waals surface area contributed by atoms with Gasteiger partial charge in [-0.05, 0) is 0 Å². The molecule has 3 nitrogen and oxygen atoms in total. The van der Waals surface area contributed by atoms with Crippen LogP contribution in [0, 0.1) is 0 Å². The first kappa shape index (κ1) is 9.14. The Balaban J connectivity index is 0. The van der Waals surface area contributed by atoms with E-state index in [9.17, 15) is 0 Å². The van der Waals surface area contributed by atoms with Gasteiger partial charge in [-0.15, -0.1) is 0 Å². The number of hydrogen-bond acceptors (Lipinski definition) is 2. The van der Waals surface area contributed by atoms with Crippen molar-refractivity contribution in [3.63, 3.8) is 0 Å². The van der Waals surface area contributed by atoms with Crippen LogP contribution < -0.4 is 0 Å². The van der Waals surface area contributed by atoms with E-state index in [1.165, 1.54) is 0 Å². The zero-order chi connectivity index (χ0) is 3.58. The van der Waals surface area contributed by atoms with Crippen molar-refractivity contribution in [2.45, 2.75) is 0 Å². The van der Waals surface area contributed by atoms with Crippen LogP contribution >= 0.6 is 0 Å².